The summed E-state index contributed by atoms with van der Waals surface area (Å²) in [5.41, 5.74) is -2.94. The predicted molar refractivity (Wildman–Crippen MR) is 89.9 cm³/mol. The number of alkyl halides is 5. The van der Waals surface area contributed by atoms with Crippen molar-refractivity contribution in [2.24, 2.45) is 11.8 Å². The Labute approximate surface area is 167 Å². The molecular formula is C19H18F6N2O3. The summed E-state index contributed by atoms with van der Waals surface area (Å²) < 4.78 is 85.4. The van der Waals surface area contributed by atoms with Gasteiger partial charge in [0.25, 0.3) is 5.92 Å². The van der Waals surface area contributed by atoms with E-state index in [1.807, 2.05) is 0 Å². The van der Waals surface area contributed by atoms with E-state index in [9.17, 15) is 35.9 Å². The molecule has 0 bridgehead atoms. The highest BCUT2D eigenvalue weighted by atomic mass is 19.4. The van der Waals surface area contributed by atoms with E-state index in [1.165, 1.54) is 4.90 Å². The summed E-state index contributed by atoms with van der Waals surface area (Å²) in [5, 5.41) is 2.67. The number of halogens is 6. The second-order valence-electron chi connectivity index (χ2n) is 8.30. The molecule has 1 spiro atoms. The van der Waals surface area contributed by atoms with Crippen LogP contribution in [0.2, 0.25) is 0 Å². The molecule has 2 heterocycles. The van der Waals surface area contributed by atoms with Crippen molar-refractivity contribution in [1.82, 2.24) is 10.2 Å². The smallest absolute Gasteiger partial charge is 0.416 e. The van der Waals surface area contributed by atoms with Gasteiger partial charge in [-0.1, -0.05) is 0 Å². The zero-order chi connectivity index (χ0) is 21.9. The van der Waals surface area contributed by atoms with Crippen LogP contribution in [0.15, 0.2) is 18.2 Å². The standard InChI is InChI=1S/C19H18F6N2O3/c20-14-3-12(19(23,24)25)1-2-13(14)18(21,22)4-10-7-27(8-10)15(28)11-5-17(6-11)9-30-16(29)26-17/h1-3,10-11H,4-9H2,(H,26,29)/t11-,17+. The molecule has 11 heteroatoms. The fourth-order valence-electron chi connectivity index (χ4n) is 4.37. The molecule has 3 fully saturated rings. The van der Waals surface area contributed by atoms with E-state index < -0.39 is 53.0 Å². The molecule has 0 atom stereocenters. The Morgan fingerprint density at radius 2 is 1.87 bits per heavy atom. The van der Waals surface area contributed by atoms with Gasteiger partial charge >= 0.3 is 12.3 Å². The van der Waals surface area contributed by atoms with Gasteiger partial charge in [-0.25, -0.2) is 18.0 Å². The number of rotatable bonds is 4. The van der Waals surface area contributed by atoms with Crippen LogP contribution in [0.5, 0.6) is 0 Å². The van der Waals surface area contributed by atoms with Crippen LogP contribution in [-0.4, -0.2) is 42.1 Å². The van der Waals surface area contributed by atoms with Gasteiger partial charge < -0.3 is 15.0 Å². The molecule has 1 N–H and O–H groups in total. The average Bonchev–Trinajstić information content (AvgIpc) is 2.97. The number of alkyl carbamates (subject to hydrolysis) is 1. The molecule has 1 aromatic rings. The Hall–Kier alpha value is -2.46. The predicted octanol–water partition coefficient (Wildman–Crippen LogP) is 3.67. The molecule has 1 aliphatic carbocycles. The lowest BCUT2D eigenvalue weighted by atomic mass is 9.68. The van der Waals surface area contributed by atoms with E-state index in [2.05, 4.69) is 5.32 Å². The van der Waals surface area contributed by atoms with E-state index in [0.29, 0.717) is 25.0 Å². The Balaban J connectivity index is 1.30. The molecule has 0 aromatic heterocycles. The average molecular weight is 436 g/mol. The first-order chi connectivity index (χ1) is 13.9. The summed E-state index contributed by atoms with van der Waals surface area (Å²) >= 11 is 0. The van der Waals surface area contributed by atoms with E-state index in [0.717, 1.165) is 0 Å². The number of nitrogens with zero attached hydrogens (tertiary/aromatic N) is 1. The summed E-state index contributed by atoms with van der Waals surface area (Å²) in [7, 11) is 0. The van der Waals surface area contributed by atoms with Crippen molar-refractivity contribution in [2.75, 3.05) is 19.7 Å². The maximum absolute atomic E-state index is 14.4. The first kappa shape index (κ1) is 20.8. The largest absolute Gasteiger partial charge is 0.447 e. The summed E-state index contributed by atoms with van der Waals surface area (Å²) in [6.07, 6.45) is -5.27. The number of likely N-dealkylation sites (tertiary alicyclic amines) is 1. The molecule has 2 amide bonds. The van der Waals surface area contributed by atoms with Crippen molar-refractivity contribution in [3.05, 3.63) is 35.1 Å². The zero-order valence-electron chi connectivity index (χ0n) is 15.6. The third kappa shape index (κ3) is 3.69. The summed E-state index contributed by atoms with van der Waals surface area (Å²) in [6, 6.07) is 0.962. The second-order valence-corrected chi connectivity index (χ2v) is 8.30. The molecule has 164 valence electrons. The minimum atomic E-state index is -4.82. The lowest BCUT2D eigenvalue weighted by Crippen LogP contribution is -2.61. The highest BCUT2D eigenvalue weighted by Crippen LogP contribution is 2.44. The normalized spacial score (nSPS) is 26.8. The third-order valence-electron chi connectivity index (χ3n) is 5.97. The minimum Gasteiger partial charge on any atom is -0.447 e. The molecule has 3 aliphatic rings. The number of carbonyl (C=O) groups is 2. The van der Waals surface area contributed by atoms with Crippen molar-refractivity contribution < 1.29 is 40.7 Å². The third-order valence-corrected chi connectivity index (χ3v) is 5.97. The van der Waals surface area contributed by atoms with E-state index in [1.54, 1.807) is 0 Å². The van der Waals surface area contributed by atoms with E-state index >= 15 is 0 Å². The van der Waals surface area contributed by atoms with Gasteiger partial charge in [-0.2, -0.15) is 13.2 Å². The lowest BCUT2D eigenvalue weighted by Gasteiger charge is -2.48. The number of nitrogens with one attached hydrogen (secondary N) is 1. The number of hydrogen-bond acceptors (Lipinski definition) is 3. The van der Waals surface area contributed by atoms with Crippen LogP contribution in [0.25, 0.3) is 0 Å². The summed E-state index contributed by atoms with van der Waals surface area (Å²) in [5.74, 6) is -6.36. The van der Waals surface area contributed by atoms with E-state index in [4.69, 9.17) is 4.74 Å². The maximum Gasteiger partial charge on any atom is 0.416 e. The Bertz CT molecular complexity index is 876. The molecular weight excluding hydrogens is 418 g/mol. The van der Waals surface area contributed by atoms with Crippen LogP contribution < -0.4 is 5.32 Å². The first-order valence-electron chi connectivity index (χ1n) is 9.37. The van der Waals surface area contributed by atoms with Gasteiger partial charge in [0.15, 0.2) is 0 Å². The molecule has 1 aromatic carbocycles. The highest BCUT2D eigenvalue weighted by Gasteiger charge is 2.54. The number of hydrogen-bond donors (Lipinski definition) is 1. The van der Waals surface area contributed by atoms with Crippen molar-refractivity contribution in [3.63, 3.8) is 0 Å². The first-order valence-corrected chi connectivity index (χ1v) is 9.37. The topological polar surface area (TPSA) is 58.6 Å². The number of ether oxygens (including phenoxy) is 1. The number of carbonyl (C=O) groups excluding carboxylic acids is 2. The van der Waals surface area contributed by atoms with Crippen molar-refractivity contribution in [1.29, 1.82) is 0 Å². The van der Waals surface area contributed by atoms with Gasteiger partial charge in [-0.3, -0.25) is 4.79 Å². The van der Waals surface area contributed by atoms with Gasteiger partial charge in [0.1, 0.15) is 12.4 Å². The van der Waals surface area contributed by atoms with Gasteiger partial charge in [0, 0.05) is 31.3 Å². The SMILES string of the molecule is O=C1N[C@]2(CO1)C[C@H](C(=O)N1CC(CC(F)(F)c3ccc(C(F)(F)F)cc3F)C1)C2. The number of cyclic esters (lactones) is 1. The van der Waals surface area contributed by atoms with Crippen LogP contribution >= 0.6 is 0 Å². The molecule has 0 radical (unpaired) electrons. The van der Waals surface area contributed by atoms with Gasteiger partial charge in [-0.15, -0.1) is 0 Å². The minimum absolute atomic E-state index is 0.0673. The fraction of sp³-hybridized carbons (Fsp3) is 0.579. The Kier molecular flexibility index (Phi) is 4.70. The second kappa shape index (κ2) is 6.78. The van der Waals surface area contributed by atoms with Gasteiger partial charge in [0.2, 0.25) is 5.91 Å². The van der Waals surface area contributed by atoms with Crippen molar-refractivity contribution in [2.45, 2.75) is 36.9 Å². The molecule has 5 nitrogen and oxygen atoms in total. The molecule has 4 rings (SSSR count). The van der Waals surface area contributed by atoms with Crippen molar-refractivity contribution >= 4 is 12.0 Å². The maximum atomic E-state index is 14.4. The summed E-state index contributed by atoms with van der Waals surface area (Å²) in [4.78, 5) is 25.0. The fourth-order valence-corrected chi connectivity index (χ4v) is 4.37. The quantitative estimate of drug-likeness (QED) is 0.733. The molecule has 30 heavy (non-hydrogen) atoms. The van der Waals surface area contributed by atoms with Crippen LogP contribution in [0.3, 0.4) is 0 Å². The monoisotopic (exact) mass is 436 g/mol. The van der Waals surface area contributed by atoms with Crippen LogP contribution in [0, 0.1) is 17.7 Å². The molecule has 0 unspecified atom stereocenters. The van der Waals surface area contributed by atoms with Gasteiger partial charge in [0.05, 0.1) is 16.7 Å². The van der Waals surface area contributed by atoms with Crippen LogP contribution in [-0.2, 0) is 21.6 Å². The summed E-state index contributed by atoms with van der Waals surface area (Å²) in [6.45, 7) is 0.342. The van der Waals surface area contributed by atoms with Crippen LogP contribution in [0.1, 0.15) is 30.4 Å². The van der Waals surface area contributed by atoms with E-state index in [-0.39, 0.29) is 37.6 Å². The van der Waals surface area contributed by atoms with Gasteiger partial charge in [-0.05, 0) is 31.0 Å². The Morgan fingerprint density at radius 1 is 1.20 bits per heavy atom. The molecule has 1 saturated carbocycles. The lowest BCUT2D eigenvalue weighted by molar-refractivity contribution is -0.150. The molecule has 2 aliphatic heterocycles. The Morgan fingerprint density at radius 3 is 2.40 bits per heavy atom. The number of amides is 2. The zero-order valence-corrected chi connectivity index (χ0v) is 15.6. The molecule has 2 saturated heterocycles. The number of benzene rings is 1. The van der Waals surface area contributed by atoms with Crippen molar-refractivity contribution in [3.8, 4) is 0 Å². The van der Waals surface area contributed by atoms with Crippen LogP contribution in [0.4, 0.5) is 31.1 Å². The highest BCUT2D eigenvalue weighted by molar-refractivity contribution is 5.82.